The van der Waals surface area contributed by atoms with Crippen LogP contribution < -0.4 is 0 Å². The Hall–Kier alpha value is -2.15. The standard InChI is InChI=1S/C14H14N2O4S/c17-12(18)7-9-3-1-5-16(9)14(19)10-8-21-13(15-10)11-4-2-6-20-11/h2,4,6,8-9H,1,3,5,7H2,(H,17,18). The van der Waals surface area contributed by atoms with Gasteiger partial charge in [0.25, 0.3) is 5.91 Å². The molecule has 0 spiro atoms. The topological polar surface area (TPSA) is 83.6 Å². The number of amides is 1. The first-order valence-corrected chi connectivity index (χ1v) is 7.55. The molecule has 2 aromatic rings. The Morgan fingerprint density at radius 1 is 1.52 bits per heavy atom. The number of carbonyl (C=O) groups excluding carboxylic acids is 1. The molecule has 1 saturated heterocycles. The second-order valence-electron chi connectivity index (χ2n) is 4.91. The van der Waals surface area contributed by atoms with Crippen molar-refractivity contribution in [3.63, 3.8) is 0 Å². The van der Waals surface area contributed by atoms with Gasteiger partial charge in [-0.1, -0.05) is 0 Å². The van der Waals surface area contributed by atoms with E-state index in [1.807, 2.05) is 0 Å². The lowest BCUT2D eigenvalue weighted by atomic mass is 10.1. The first kappa shape index (κ1) is 13.8. The summed E-state index contributed by atoms with van der Waals surface area (Å²) < 4.78 is 5.26. The molecule has 1 N–H and O–H groups in total. The van der Waals surface area contributed by atoms with Crippen molar-refractivity contribution in [1.29, 1.82) is 0 Å². The van der Waals surface area contributed by atoms with E-state index in [0.29, 0.717) is 23.0 Å². The number of hydrogen-bond donors (Lipinski definition) is 1. The van der Waals surface area contributed by atoms with Crippen LogP contribution in [0.2, 0.25) is 0 Å². The Labute approximate surface area is 125 Å². The number of carboxylic acid groups (broad SMARTS) is 1. The van der Waals surface area contributed by atoms with Crippen molar-refractivity contribution in [3.8, 4) is 10.8 Å². The lowest BCUT2D eigenvalue weighted by Crippen LogP contribution is -2.37. The highest BCUT2D eigenvalue weighted by molar-refractivity contribution is 7.13. The SMILES string of the molecule is O=C(O)CC1CCCN1C(=O)c1csc(-c2ccco2)n1. The fourth-order valence-corrected chi connectivity index (χ4v) is 3.31. The molecular weight excluding hydrogens is 292 g/mol. The van der Waals surface area contributed by atoms with Crippen LogP contribution in [0.25, 0.3) is 10.8 Å². The zero-order chi connectivity index (χ0) is 14.8. The second-order valence-corrected chi connectivity index (χ2v) is 5.77. The maximum absolute atomic E-state index is 12.5. The van der Waals surface area contributed by atoms with Crippen LogP contribution in [0.5, 0.6) is 0 Å². The van der Waals surface area contributed by atoms with Crippen LogP contribution in [0, 0.1) is 0 Å². The number of likely N-dealkylation sites (tertiary alicyclic amines) is 1. The first-order valence-electron chi connectivity index (χ1n) is 6.67. The molecule has 6 nitrogen and oxygen atoms in total. The first-order chi connectivity index (χ1) is 10.1. The molecule has 0 saturated carbocycles. The van der Waals surface area contributed by atoms with Gasteiger partial charge in [-0.05, 0) is 25.0 Å². The highest BCUT2D eigenvalue weighted by Crippen LogP contribution is 2.27. The predicted octanol–water partition coefficient (Wildman–Crippen LogP) is 2.48. The van der Waals surface area contributed by atoms with E-state index in [-0.39, 0.29) is 18.4 Å². The van der Waals surface area contributed by atoms with Crippen molar-refractivity contribution < 1.29 is 19.1 Å². The van der Waals surface area contributed by atoms with E-state index in [4.69, 9.17) is 9.52 Å². The van der Waals surface area contributed by atoms with Gasteiger partial charge in [0.1, 0.15) is 5.69 Å². The van der Waals surface area contributed by atoms with Crippen molar-refractivity contribution in [2.45, 2.75) is 25.3 Å². The number of hydrogen-bond acceptors (Lipinski definition) is 5. The minimum atomic E-state index is -0.880. The summed E-state index contributed by atoms with van der Waals surface area (Å²) in [6.07, 6.45) is 3.11. The average molecular weight is 306 g/mol. The van der Waals surface area contributed by atoms with E-state index in [1.165, 1.54) is 11.3 Å². The number of nitrogens with zero attached hydrogens (tertiary/aromatic N) is 2. The number of carboxylic acids is 1. The van der Waals surface area contributed by atoms with Crippen LogP contribution in [0.4, 0.5) is 0 Å². The molecule has 1 amide bonds. The van der Waals surface area contributed by atoms with Gasteiger partial charge in [0.2, 0.25) is 0 Å². The van der Waals surface area contributed by atoms with Crippen molar-refractivity contribution >= 4 is 23.2 Å². The summed E-state index contributed by atoms with van der Waals surface area (Å²) in [5, 5.41) is 11.3. The summed E-state index contributed by atoms with van der Waals surface area (Å²) in [6, 6.07) is 3.32. The van der Waals surface area contributed by atoms with E-state index in [0.717, 1.165) is 12.8 Å². The van der Waals surface area contributed by atoms with E-state index in [9.17, 15) is 9.59 Å². The van der Waals surface area contributed by atoms with Crippen LogP contribution in [0.15, 0.2) is 28.2 Å². The Morgan fingerprint density at radius 2 is 2.38 bits per heavy atom. The predicted molar refractivity (Wildman–Crippen MR) is 76.1 cm³/mol. The largest absolute Gasteiger partial charge is 0.481 e. The molecule has 1 aliphatic rings. The summed E-state index contributed by atoms with van der Waals surface area (Å²) in [6.45, 7) is 0.588. The molecule has 1 unspecified atom stereocenters. The Bertz CT molecular complexity index is 650. The molecule has 1 fully saturated rings. The number of thiazole rings is 1. The third kappa shape index (κ3) is 2.82. The maximum Gasteiger partial charge on any atom is 0.305 e. The van der Waals surface area contributed by atoms with Gasteiger partial charge in [-0.3, -0.25) is 9.59 Å². The molecule has 0 aromatic carbocycles. The quantitative estimate of drug-likeness (QED) is 0.938. The highest BCUT2D eigenvalue weighted by Gasteiger charge is 2.32. The summed E-state index contributed by atoms with van der Waals surface area (Å²) >= 11 is 1.34. The molecular formula is C14H14N2O4S. The Kier molecular flexibility index (Phi) is 3.74. The third-order valence-corrected chi connectivity index (χ3v) is 4.36. The zero-order valence-corrected chi connectivity index (χ0v) is 12.0. The Balaban J connectivity index is 1.77. The molecule has 110 valence electrons. The summed E-state index contributed by atoms with van der Waals surface area (Å²) in [5.41, 5.74) is 0.351. The van der Waals surface area contributed by atoms with Crippen LogP contribution in [0.3, 0.4) is 0 Å². The minimum Gasteiger partial charge on any atom is -0.481 e. The average Bonchev–Trinajstić information content (AvgIpc) is 3.18. The molecule has 21 heavy (non-hydrogen) atoms. The van der Waals surface area contributed by atoms with Crippen molar-refractivity contribution in [2.24, 2.45) is 0 Å². The maximum atomic E-state index is 12.5. The highest BCUT2D eigenvalue weighted by atomic mass is 32.1. The van der Waals surface area contributed by atoms with Gasteiger partial charge in [0.05, 0.1) is 12.7 Å². The van der Waals surface area contributed by atoms with Gasteiger partial charge >= 0.3 is 5.97 Å². The van der Waals surface area contributed by atoms with Gasteiger partial charge in [-0.15, -0.1) is 11.3 Å². The number of rotatable bonds is 4. The molecule has 0 bridgehead atoms. The fourth-order valence-electron chi connectivity index (χ4n) is 2.55. The molecule has 1 aliphatic heterocycles. The van der Waals surface area contributed by atoms with Crippen LogP contribution in [0.1, 0.15) is 29.8 Å². The number of aromatic nitrogens is 1. The van der Waals surface area contributed by atoms with Gasteiger partial charge < -0.3 is 14.4 Å². The smallest absolute Gasteiger partial charge is 0.305 e. The molecule has 0 aliphatic carbocycles. The second kappa shape index (κ2) is 5.69. The normalized spacial score (nSPS) is 18.1. The third-order valence-electron chi connectivity index (χ3n) is 3.50. The zero-order valence-electron chi connectivity index (χ0n) is 11.2. The van der Waals surface area contributed by atoms with Crippen LogP contribution >= 0.6 is 11.3 Å². The van der Waals surface area contributed by atoms with Gasteiger partial charge in [-0.25, -0.2) is 4.98 Å². The summed E-state index contributed by atoms with van der Waals surface area (Å²) in [5.74, 6) is -0.454. The van der Waals surface area contributed by atoms with Crippen molar-refractivity contribution in [3.05, 3.63) is 29.5 Å². The number of aliphatic carboxylic acids is 1. The van der Waals surface area contributed by atoms with Crippen LogP contribution in [-0.4, -0.2) is 39.5 Å². The lowest BCUT2D eigenvalue weighted by molar-refractivity contribution is -0.137. The number of furan rings is 1. The van der Waals surface area contributed by atoms with Crippen LogP contribution in [-0.2, 0) is 4.79 Å². The molecule has 1 atom stereocenters. The van der Waals surface area contributed by atoms with Crippen molar-refractivity contribution in [2.75, 3.05) is 6.54 Å². The van der Waals surface area contributed by atoms with Gasteiger partial charge in [0.15, 0.2) is 10.8 Å². The van der Waals surface area contributed by atoms with Crippen molar-refractivity contribution in [1.82, 2.24) is 9.88 Å². The van der Waals surface area contributed by atoms with E-state index in [2.05, 4.69) is 4.98 Å². The number of carbonyl (C=O) groups is 2. The minimum absolute atomic E-state index is 0.0130. The molecule has 3 heterocycles. The molecule has 7 heteroatoms. The molecule has 0 radical (unpaired) electrons. The van der Waals surface area contributed by atoms with Gasteiger partial charge in [-0.2, -0.15) is 0 Å². The van der Waals surface area contributed by atoms with E-state index >= 15 is 0 Å². The van der Waals surface area contributed by atoms with Gasteiger partial charge in [0, 0.05) is 18.0 Å². The Morgan fingerprint density at radius 3 is 3.10 bits per heavy atom. The lowest BCUT2D eigenvalue weighted by Gasteiger charge is -2.22. The van der Waals surface area contributed by atoms with E-state index < -0.39 is 5.97 Å². The monoisotopic (exact) mass is 306 g/mol. The van der Waals surface area contributed by atoms with E-state index in [1.54, 1.807) is 28.7 Å². The molecule has 2 aromatic heterocycles. The summed E-state index contributed by atoms with van der Waals surface area (Å²) in [7, 11) is 0. The fraction of sp³-hybridized carbons (Fsp3) is 0.357. The molecule has 3 rings (SSSR count). The summed E-state index contributed by atoms with van der Waals surface area (Å²) in [4.78, 5) is 29.2.